The van der Waals surface area contributed by atoms with E-state index < -0.39 is 33.9 Å². The summed E-state index contributed by atoms with van der Waals surface area (Å²) in [6.45, 7) is 3.92. The maximum atomic E-state index is 12.0. The molecule has 1 heterocycles. The van der Waals surface area contributed by atoms with Crippen LogP contribution >= 0.6 is 0 Å². The van der Waals surface area contributed by atoms with Crippen LogP contribution in [0.5, 0.6) is 5.75 Å². The van der Waals surface area contributed by atoms with E-state index in [-0.39, 0.29) is 11.5 Å². The zero-order valence-electron chi connectivity index (χ0n) is 14.8. The second-order valence-electron chi connectivity index (χ2n) is 6.02. The molecular weight excluding hydrogens is 358 g/mol. The maximum Gasteiger partial charge on any atom is 0.331 e. The number of ether oxygens (including phenoxy) is 2. The first-order chi connectivity index (χ1) is 12.3. The molecule has 8 heteroatoms. The van der Waals surface area contributed by atoms with Crippen molar-refractivity contribution >= 4 is 27.8 Å². The molecule has 1 N–H and O–H groups in total. The lowest BCUT2D eigenvalue weighted by atomic mass is 10.2. The molecule has 0 radical (unpaired) electrons. The molecule has 1 aromatic carbocycles. The van der Waals surface area contributed by atoms with Gasteiger partial charge in [0.15, 0.2) is 15.9 Å². The molecule has 0 saturated carbocycles. The number of benzene rings is 1. The van der Waals surface area contributed by atoms with Gasteiger partial charge in [0.25, 0.3) is 5.91 Å². The van der Waals surface area contributed by atoms with Crippen molar-refractivity contribution in [3.63, 3.8) is 0 Å². The van der Waals surface area contributed by atoms with E-state index in [1.54, 1.807) is 30.3 Å². The smallest absolute Gasteiger partial charge is 0.331 e. The molecule has 2 rings (SSSR count). The van der Waals surface area contributed by atoms with Gasteiger partial charge in [-0.3, -0.25) is 4.79 Å². The van der Waals surface area contributed by atoms with E-state index in [0.717, 1.165) is 11.3 Å². The van der Waals surface area contributed by atoms with E-state index >= 15 is 0 Å². The van der Waals surface area contributed by atoms with Crippen molar-refractivity contribution in [3.8, 4) is 5.75 Å². The molecule has 1 amide bonds. The van der Waals surface area contributed by atoms with Gasteiger partial charge in [-0.1, -0.05) is 12.1 Å². The molecule has 0 spiro atoms. The van der Waals surface area contributed by atoms with Gasteiger partial charge in [0.2, 0.25) is 0 Å². The van der Waals surface area contributed by atoms with E-state index in [1.165, 1.54) is 13.0 Å². The number of esters is 1. The summed E-state index contributed by atoms with van der Waals surface area (Å²) in [6, 6.07) is 6.75. The molecule has 1 saturated heterocycles. The van der Waals surface area contributed by atoms with E-state index in [2.05, 4.69) is 5.32 Å². The van der Waals surface area contributed by atoms with Gasteiger partial charge in [-0.15, -0.1) is 0 Å². The van der Waals surface area contributed by atoms with Crippen LogP contribution in [0.3, 0.4) is 0 Å². The molecule has 7 nitrogen and oxygen atoms in total. The van der Waals surface area contributed by atoms with Crippen LogP contribution in [0.15, 0.2) is 30.3 Å². The summed E-state index contributed by atoms with van der Waals surface area (Å²) < 4.78 is 33.2. The van der Waals surface area contributed by atoms with Crippen molar-refractivity contribution in [3.05, 3.63) is 35.9 Å². The second kappa shape index (κ2) is 8.84. The molecule has 142 valence electrons. The highest BCUT2D eigenvalue weighted by atomic mass is 32.2. The molecule has 0 aromatic heterocycles. The van der Waals surface area contributed by atoms with Crippen molar-refractivity contribution in [1.29, 1.82) is 0 Å². The van der Waals surface area contributed by atoms with Crippen molar-refractivity contribution in [2.75, 3.05) is 18.1 Å². The Kier molecular flexibility index (Phi) is 6.79. The summed E-state index contributed by atoms with van der Waals surface area (Å²) in [5, 5.41) is 2.60. The normalized spacial score (nSPS) is 19.8. The van der Waals surface area contributed by atoms with Crippen LogP contribution < -0.4 is 10.1 Å². The highest BCUT2D eigenvalue weighted by Crippen LogP contribution is 2.13. The summed E-state index contributed by atoms with van der Waals surface area (Å²) in [5.41, 5.74) is 0.790. The average molecular weight is 381 g/mol. The van der Waals surface area contributed by atoms with Crippen LogP contribution in [-0.4, -0.2) is 50.6 Å². The summed E-state index contributed by atoms with van der Waals surface area (Å²) in [4.78, 5) is 23.8. The van der Waals surface area contributed by atoms with Gasteiger partial charge in [0.05, 0.1) is 18.1 Å². The lowest BCUT2D eigenvalue weighted by molar-refractivity contribution is -0.150. The summed E-state index contributed by atoms with van der Waals surface area (Å²) in [7, 11) is -3.08. The first-order valence-corrected chi connectivity index (χ1v) is 10.2. The standard InChI is InChI=1S/C18H23NO6S/c1-3-24-16-7-4-14(5-8-16)6-9-17(20)25-13(2)18(21)19-15-10-11-26(22,23)12-15/h4-9,13,15H,3,10-12H2,1-2H3,(H,19,21)/b9-6+/t13-,15-/m0/s1. The molecule has 2 atom stereocenters. The van der Waals surface area contributed by atoms with E-state index in [0.29, 0.717) is 13.0 Å². The molecule has 0 aliphatic carbocycles. The fraction of sp³-hybridized carbons (Fsp3) is 0.444. The number of carbonyl (C=O) groups is 2. The van der Waals surface area contributed by atoms with E-state index in [4.69, 9.17) is 9.47 Å². The van der Waals surface area contributed by atoms with Crippen LogP contribution in [0.2, 0.25) is 0 Å². The summed E-state index contributed by atoms with van der Waals surface area (Å²) >= 11 is 0. The number of hydrogen-bond acceptors (Lipinski definition) is 6. The Hall–Kier alpha value is -2.35. The zero-order valence-corrected chi connectivity index (χ0v) is 15.6. The number of carbonyl (C=O) groups excluding carboxylic acids is 2. The maximum absolute atomic E-state index is 12.0. The van der Waals surface area contributed by atoms with Crippen molar-refractivity contribution in [2.24, 2.45) is 0 Å². The molecular formula is C18H23NO6S. The average Bonchev–Trinajstić information content (AvgIpc) is 2.93. The van der Waals surface area contributed by atoms with Crippen LogP contribution in [0.4, 0.5) is 0 Å². The van der Waals surface area contributed by atoms with Crippen LogP contribution in [0, 0.1) is 0 Å². The molecule has 0 unspecified atom stereocenters. The summed E-state index contributed by atoms with van der Waals surface area (Å²) in [6.07, 6.45) is 2.19. The quantitative estimate of drug-likeness (QED) is 0.565. The highest BCUT2D eigenvalue weighted by molar-refractivity contribution is 7.91. The minimum Gasteiger partial charge on any atom is -0.494 e. The molecule has 1 fully saturated rings. The highest BCUT2D eigenvalue weighted by Gasteiger charge is 2.30. The minimum absolute atomic E-state index is 0.0664. The topological polar surface area (TPSA) is 98.8 Å². The minimum atomic E-state index is -3.08. The Morgan fingerprint density at radius 2 is 2.00 bits per heavy atom. The van der Waals surface area contributed by atoms with Gasteiger partial charge in [-0.2, -0.15) is 0 Å². The van der Waals surface area contributed by atoms with E-state index in [9.17, 15) is 18.0 Å². The Morgan fingerprint density at radius 3 is 2.58 bits per heavy atom. The van der Waals surface area contributed by atoms with Gasteiger partial charge in [0, 0.05) is 12.1 Å². The van der Waals surface area contributed by atoms with Gasteiger partial charge >= 0.3 is 5.97 Å². The molecule has 0 bridgehead atoms. The summed E-state index contributed by atoms with van der Waals surface area (Å²) in [5.74, 6) is -0.421. The van der Waals surface area contributed by atoms with Gasteiger partial charge in [-0.25, -0.2) is 13.2 Å². The third kappa shape index (κ3) is 6.18. The Morgan fingerprint density at radius 1 is 1.31 bits per heavy atom. The van der Waals surface area contributed by atoms with E-state index in [1.807, 2.05) is 6.92 Å². The second-order valence-corrected chi connectivity index (χ2v) is 8.25. The van der Waals surface area contributed by atoms with Crippen molar-refractivity contribution in [2.45, 2.75) is 32.4 Å². The van der Waals surface area contributed by atoms with Gasteiger partial charge < -0.3 is 14.8 Å². The number of nitrogens with one attached hydrogen (secondary N) is 1. The third-order valence-corrected chi connectivity index (χ3v) is 5.61. The molecule has 1 aromatic rings. The number of sulfone groups is 1. The largest absolute Gasteiger partial charge is 0.494 e. The van der Waals surface area contributed by atoms with Crippen molar-refractivity contribution < 1.29 is 27.5 Å². The van der Waals surface area contributed by atoms with Gasteiger partial charge in [-0.05, 0) is 44.0 Å². The lowest BCUT2D eigenvalue weighted by Gasteiger charge is -2.15. The Bertz CT molecular complexity index is 769. The van der Waals surface area contributed by atoms with Crippen molar-refractivity contribution in [1.82, 2.24) is 5.32 Å². The van der Waals surface area contributed by atoms with Crippen LogP contribution in [0.25, 0.3) is 6.08 Å². The fourth-order valence-electron chi connectivity index (χ4n) is 2.50. The Balaban J connectivity index is 1.81. The monoisotopic (exact) mass is 381 g/mol. The molecule has 1 aliphatic heterocycles. The predicted molar refractivity (Wildman–Crippen MR) is 97.4 cm³/mol. The zero-order chi connectivity index (χ0) is 19.2. The van der Waals surface area contributed by atoms with Crippen LogP contribution in [-0.2, 0) is 24.2 Å². The number of amides is 1. The first-order valence-electron chi connectivity index (χ1n) is 8.41. The molecule has 26 heavy (non-hydrogen) atoms. The predicted octanol–water partition coefficient (Wildman–Crippen LogP) is 1.33. The number of rotatable bonds is 7. The number of hydrogen-bond donors (Lipinski definition) is 1. The third-order valence-electron chi connectivity index (χ3n) is 3.84. The van der Waals surface area contributed by atoms with Crippen LogP contribution in [0.1, 0.15) is 25.8 Å². The SMILES string of the molecule is CCOc1ccc(/C=C/C(=O)O[C@@H](C)C(=O)N[C@H]2CCS(=O)(=O)C2)cc1. The first kappa shape index (κ1) is 20.0. The fourth-order valence-corrected chi connectivity index (χ4v) is 4.17. The molecule has 1 aliphatic rings. The Labute approximate surface area is 153 Å². The van der Waals surface area contributed by atoms with Gasteiger partial charge in [0.1, 0.15) is 5.75 Å². The lowest BCUT2D eigenvalue weighted by Crippen LogP contribution is -2.42.